The Bertz CT molecular complexity index is 1590. The Balaban J connectivity index is 1.38. The van der Waals surface area contributed by atoms with Gasteiger partial charge in [-0.3, -0.25) is 0 Å². The lowest BCUT2D eigenvalue weighted by atomic mass is 10.1. The molecular formula is C24H15F3IN5O3. The molecule has 0 radical (unpaired) electrons. The highest BCUT2D eigenvalue weighted by Gasteiger charge is 2.31. The zero-order chi connectivity index (χ0) is 25.6. The molecule has 0 atom stereocenters. The van der Waals surface area contributed by atoms with Crippen molar-refractivity contribution in [1.82, 2.24) is 19.8 Å². The highest BCUT2D eigenvalue weighted by molar-refractivity contribution is 14.1. The number of benzene rings is 3. The summed E-state index contributed by atoms with van der Waals surface area (Å²) in [6.07, 6.45) is -4.47. The zero-order valence-electron chi connectivity index (χ0n) is 18.5. The van der Waals surface area contributed by atoms with Gasteiger partial charge in [0.05, 0.1) is 34.6 Å². The maximum atomic E-state index is 12.8. The van der Waals surface area contributed by atoms with Crippen LogP contribution in [0.1, 0.15) is 32.6 Å². The molecule has 182 valence electrons. The fourth-order valence-corrected chi connectivity index (χ4v) is 4.46. The third-order valence-corrected chi connectivity index (χ3v) is 6.43. The van der Waals surface area contributed by atoms with E-state index in [9.17, 15) is 22.8 Å². The van der Waals surface area contributed by atoms with Gasteiger partial charge in [0.25, 0.3) is 0 Å². The van der Waals surface area contributed by atoms with Gasteiger partial charge < -0.3 is 4.74 Å². The second-order valence-corrected chi connectivity index (χ2v) is 9.13. The van der Waals surface area contributed by atoms with Crippen LogP contribution in [0.25, 0.3) is 5.69 Å². The van der Waals surface area contributed by atoms with E-state index in [1.807, 2.05) is 25.1 Å². The lowest BCUT2D eigenvalue weighted by molar-refractivity contribution is -0.137. The molecule has 0 saturated heterocycles. The Morgan fingerprint density at radius 2 is 1.78 bits per heavy atom. The number of nitrogens with zero attached hydrogens (tertiary/aromatic N) is 5. The van der Waals surface area contributed by atoms with E-state index in [0.29, 0.717) is 16.8 Å². The van der Waals surface area contributed by atoms with Gasteiger partial charge in [0.2, 0.25) is 5.90 Å². The molecule has 1 aliphatic rings. The van der Waals surface area contributed by atoms with E-state index in [1.165, 1.54) is 0 Å². The molecule has 12 heteroatoms. The van der Waals surface area contributed by atoms with Crippen LogP contribution in [-0.2, 0) is 17.5 Å². The summed E-state index contributed by atoms with van der Waals surface area (Å²) >= 11 is 2.07. The summed E-state index contributed by atoms with van der Waals surface area (Å²) in [5, 5.41) is 7.63. The first-order valence-corrected chi connectivity index (χ1v) is 11.6. The quantitative estimate of drug-likeness (QED) is 0.250. The number of aliphatic imine (C=N–C) groups is 1. The van der Waals surface area contributed by atoms with Gasteiger partial charge in [-0.05, 0) is 93.5 Å². The van der Waals surface area contributed by atoms with Crippen molar-refractivity contribution in [2.24, 2.45) is 4.99 Å². The van der Waals surface area contributed by atoms with Crippen LogP contribution in [-0.4, -0.2) is 31.7 Å². The Morgan fingerprint density at radius 1 is 1.03 bits per heavy atom. The second kappa shape index (κ2) is 9.00. The van der Waals surface area contributed by atoms with E-state index in [0.717, 1.165) is 48.3 Å². The Labute approximate surface area is 215 Å². The maximum absolute atomic E-state index is 12.8. The summed E-state index contributed by atoms with van der Waals surface area (Å²) in [6.45, 7) is 1.92. The summed E-state index contributed by atoms with van der Waals surface area (Å²) in [7, 11) is 0. The van der Waals surface area contributed by atoms with Crippen LogP contribution in [0.2, 0.25) is 0 Å². The van der Waals surface area contributed by atoms with Crippen LogP contribution in [0.15, 0.2) is 70.5 Å². The fourth-order valence-electron chi connectivity index (χ4n) is 3.74. The normalized spacial score (nSPS) is 14.2. The van der Waals surface area contributed by atoms with Gasteiger partial charge in [0.15, 0.2) is 0 Å². The van der Waals surface area contributed by atoms with Crippen molar-refractivity contribution in [2.45, 2.75) is 19.6 Å². The van der Waals surface area contributed by atoms with E-state index >= 15 is 0 Å². The molecule has 8 nitrogen and oxygen atoms in total. The number of carbonyl (C=O) groups is 1. The fraction of sp³-hybridized carbons (Fsp3) is 0.125. The third kappa shape index (κ3) is 4.43. The first kappa shape index (κ1) is 23.9. The summed E-state index contributed by atoms with van der Waals surface area (Å²) in [5.74, 6) is -0.224. The van der Waals surface area contributed by atoms with Gasteiger partial charge >= 0.3 is 17.8 Å². The minimum atomic E-state index is -4.47. The van der Waals surface area contributed by atoms with E-state index in [-0.39, 0.29) is 18.1 Å². The van der Waals surface area contributed by atoms with Gasteiger partial charge in [0.1, 0.15) is 0 Å². The molecule has 3 aromatic carbocycles. The molecule has 2 heterocycles. The number of esters is 1. The predicted octanol–water partition coefficient (Wildman–Crippen LogP) is 4.66. The lowest BCUT2D eigenvalue weighted by Crippen LogP contribution is -2.24. The molecule has 0 N–H and O–H groups in total. The zero-order valence-corrected chi connectivity index (χ0v) is 20.6. The number of aromatic nitrogens is 4. The van der Waals surface area contributed by atoms with Crippen LogP contribution in [0.3, 0.4) is 0 Å². The highest BCUT2D eigenvalue weighted by atomic mass is 127. The van der Waals surface area contributed by atoms with Crippen molar-refractivity contribution in [2.75, 3.05) is 0 Å². The largest absolute Gasteiger partial charge is 0.416 e. The number of aryl methyl sites for hydroxylation is 1. The number of rotatable bonds is 4. The van der Waals surface area contributed by atoms with Crippen molar-refractivity contribution in [1.29, 1.82) is 0 Å². The molecule has 1 aliphatic heterocycles. The molecule has 0 saturated carbocycles. The van der Waals surface area contributed by atoms with Crippen molar-refractivity contribution in [3.63, 3.8) is 0 Å². The van der Waals surface area contributed by atoms with Crippen molar-refractivity contribution < 1.29 is 22.7 Å². The standard InChI is InChI=1S/C24H15F3IN5O3/c1-13-11-14(5-10-19(13)29-21-17-3-2-4-18(28)20(17)22(34)36-21)12-32-23(35)33(31-30-32)16-8-6-15(7-9-16)24(25,26)27/h2-11H,12H2,1H3. The molecule has 1 aromatic heterocycles. The molecule has 0 aliphatic carbocycles. The molecular weight excluding hydrogens is 590 g/mol. The topological polar surface area (TPSA) is 91.4 Å². The molecule has 0 bridgehead atoms. The number of carbonyl (C=O) groups excluding carboxylic acids is 1. The number of ether oxygens (including phenoxy) is 1. The minimum absolute atomic E-state index is 0.0905. The summed E-state index contributed by atoms with van der Waals surface area (Å²) in [5.41, 5.74) is 1.96. The molecule has 0 amide bonds. The molecule has 0 fully saturated rings. The van der Waals surface area contributed by atoms with E-state index < -0.39 is 23.4 Å². The maximum Gasteiger partial charge on any atom is 0.416 e. The first-order valence-electron chi connectivity index (χ1n) is 10.5. The monoisotopic (exact) mass is 605 g/mol. The number of hydrogen-bond acceptors (Lipinski definition) is 6. The molecule has 36 heavy (non-hydrogen) atoms. The van der Waals surface area contributed by atoms with Gasteiger partial charge in [0, 0.05) is 3.57 Å². The smallest absolute Gasteiger partial charge is 0.403 e. The van der Waals surface area contributed by atoms with Crippen molar-refractivity contribution in [3.8, 4) is 5.69 Å². The first-order chi connectivity index (χ1) is 17.1. The van der Waals surface area contributed by atoms with Gasteiger partial charge in [-0.1, -0.05) is 18.2 Å². The van der Waals surface area contributed by atoms with Crippen LogP contribution in [0.4, 0.5) is 18.9 Å². The average molecular weight is 605 g/mol. The number of hydrogen-bond donors (Lipinski definition) is 0. The van der Waals surface area contributed by atoms with E-state index in [1.54, 1.807) is 18.2 Å². The molecule has 0 spiro atoms. The Morgan fingerprint density at radius 3 is 2.47 bits per heavy atom. The number of fused-ring (bicyclic) bond motifs is 1. The minimum Gasteiger partial charge on any atom is -0.403 e. The average Bonchev–Trinajstić information content (AvgIpc) is 3.35. The Hall–Kier alpha value is -3.81. The summed E-state index contributed by atoms with van der Waals surface area (Å²) < 4.78 is 46.5. The second-order valence-electron chi connectivity index (χ2n) is 7.97. The van der Waals surface area contributed by atoms with Crippen molar-refractivity contribution in [3.05, 3.63) is 103 Å². The number of alkyl halides is 3. The molecule has 4 aromatic rings. The van der Waals surface area contributed by atoms with Crippen LogP contribution < -0.4 is 5.69 Å². The number of halogens is 4. The van der Waals surface area contributed by atoms with Gasteiger partial charge in [-0.25, -0.2) is 14.6 Å². The lowest BCUT2D eigenvalue weighted by Gasteiger charge is -2.07. The number of tetrazole rings is 1. The number of cyclic esters (lactones) is 1. The van der Waals surface area contributed by atoms with Crippen LogP contribution >= 0.6 is 22.6 Å². The Kier molecular flexibility index (Phi) is 5.98. The van der Waals surface area contributed by atoms with Crippen LogP contribution in [0.5, 0.6) is 0 Å². The molecule has 5 rings (SSSR count). The predicted molar refractivity (Wildman–Crippen MR) is 132 cm³/mol. The molecule has 0 unspecified atom stereocenters. The van der Waals surface area contributed by atoms with Gasteiger partial charge in [-0.2, -0.15) is 22.5 Å². The highest BCUT2D eigenvalue weighted by Crippen LogP contribution is 2.30. The SMILES string of the molecule is Cc1cc(Cn2nnn(-c3ccc(C(F)(F)F)cc3)c2=O)ccc1N=C1OC(=O)c2c(I)cccc21. The summed E-state index contributed by atoms with van der Waals surface area (Å²) in [4.78, 5) is 29.5. The third-order valence-electron chi connectivity index (χ3n) is 5.53. The van der Waals surface area contributed by atoms with Crippen LogP contribution in [0, 0.1) is 10.5 Å². The van der Waals surface area contributed by atoms with Crippen molar-refractivity contribution >= 4 is 40.1 Å². The van der Waals surface area contributed by atoms with E-state index in [4.69, 9.17) is 4.74 Å². The van der Waals surface area contributed by atoms with E-state index in [2.05, 4.69) is 38.0 Å². The summed E-state index contributed by atoms with van der Waals surface area (Å²) in [6, 6.07) is 14.8. The van der Waals surface area contributed by atoms with Gasteiger partial charge in [-0.15, -0.1) is 0 Å².